The summed E-state index contributed by atoms with van der Waals surface area (Å²) >= 11 is 5.88. The third-order valence-corrected chi connectivity index (χ3v) is 5.34. The fourth-order valence-corrected chi connectivity index (χ4v) is 3.91. The molecule has 1 aliphatic rings. The van der Waals surface area contributed by atoms with Crippen molar-refractivity contribution in [2.45, 2.75) is 32.2 Å². The van der Waals surface area contributed by atoms with E-state index >= 15 is 0 Å². The maximum absolute atomic E-state index is 12.3. The lowest BCUT2D eigenvalue weighted by molar-refractivity contribution is 0.250. The monoisotopic (exact) mass is 407 g/mol. The molecule has 29 heavy (non-hydrogen) atoms. The van der Waals surface area contributed by atoms with Crippen molar-refractivity contribution in [1.82, 2.24) is 20.1 Å². The van der Waals surface area contributed by atoms with Gasteiger partial charge >= 0.3 is 6.03 Å². The summed E-state index contributed by atoms with van der Waals surface area (Å²) in [5, 5.41) is 11.2. The molecule has 0 radical (unpaired) electrons. The Morgan fingerprint density at radius 1 is 1.14 bits per heavy atom. The molecule has 2 heterocycles. The first kappa shape index (κ1) is 19.2. The minimum Gasteiger partial charge on any atom is -0.332 e. The molecule has 2 atom stereocenters. The van der Waals surface area contributed by atoms with Crippen LogP contribution in [0.25, 0.3) is 5.82 Å². The second kappa shape index (κ2) is 8.09. The van der Waals surface area contributed by atoms with Crippen LogP contribution >= 0.6 is 11.6 Å². The topological polar surface area (TPSA) is 71.8 Å². The first-order chi connectivity index (χ1) is 14.0. The lowest BCUT2D eigenvalue weighted by Gasteiger charge is -2.15. The number of hydrogen-bond acceptors (Lipinski definition) is 3. The van der Waals surface area contributed by atoms with Gasteiger partial charge in [0.15, 0.2) is 5.82 Å². The molecule has 0 unspecified atom stereocenters. The minimum atomic E-state index is -0.236. The largest absolute Gasteiger partial charge is 0.332 e. The van der Waals surface area contributed by atoms with E-state index in [2.05, 4.69) is 33.7 Å². The van der Waals surface area contributed by atoms with Gasteiger partial charge in [-0.15, -0.1) is 0 Å². The van der Waals surface area contributed by atoms with Crippen molar-refractivity contribution < 1.29 is 4.79 Å². The molecule has 0 spiro atoms. The van der Waals surface area contributed by atoms with Crippen LogP contribution in [-0.2, 0) is 0 Å². The maximum atomic E-state index is 12.3. The number of pyridine rings is 1. The zero-order valence-corrected chi connectivity index (χ0v) is 17.0. The van der Waals surface area contributed by atoms with Gasteiger partial charge in [-0.3, -0.25) is 0 Å². The van der Waals surface area contributed by atoms with E-state index in [1.54, 1.807) is 30.5 Å². The van der Waals surface area contributed by atoms with E-state index < -0.39 is 0 Å². The van der Waals surface area contributed by atoms with Gasteiger partial charge in [-0.05, 0) is 56.7 Å². The number of benzene rings is 1. The molecule has 4 rings (SSSR count). The van der Waals surface area contributed by atoms with Crippen LogP contribution in [0.3, 0.4) is 0 Å². The van der Waals surface area contributed by atoms with Crippen LogP contribution in [0.5, 0.6) is 0 Å². The molecule has 2 amide bonds. The fourth-order valence-electron chi connectivity index (χ4n) is 3.78. The lowest BCUT2D eigenvalue weighted by atomic mass is 9.96. The Balaban J connectivity index is 1.43. The standard InChI is InChI=1S/C22H22ClN5O/c1-14-21(15(2)28(27-14)20-5-3-4-12-24-20)16-6-9-19(13-16)26-22(29)25-18-10-7-17(23)8-11-18/h3-12,16,19H,13H2,1-2H3,(H2,25,26,29)/t16-,19+/m0/s1. The molecule has 0 fully saturated rings. The van der Waals surface area contributed by atoms with E-state index in [1.807, 2.05) is 35.9 Å². The Morgan fingerprint density at radius 2 is 1.93 bits per heavy atom. The van der Waals surface area contributed by atoms with Crippen LogP contribution in [0.15, 0.2) is 60.8 Å². The number of carbonyl (C=O) groups is 1. The number of urea groups is 1. The number of hydrogen-bond donors (Lipinski definition) is 2. The summed E-state index contributed by atoms with van der Waals surface area (Å²) < 4.78 is 1.88. The molecule has 0 bridgehead atoms. The average molecular weight is 408 g/mol. The van der Waals surface area contributed by atoms with E-state index in [0.717, 1.165) is 23.6 Å². The van der Waals surface area contributed by atoms with Crippen molar-refractivity contribution in [3.63, 3.8) is 0 Å². The third-order valence-electron chi connectivity index (χ3n) is 5.09. The minimum absolute atomic E-state index is 0.0377. The van der Waals surface area contributed by atoms with Gasteiger partial charge in [0.2, 0.25) is 0 Å². The van der Waals surface area contributed by atoms with Gasteiger partial charge in [0.1, 0.15) is 0 Å². The molecule has 148 valence electrons. The number of rotatable bonds is 4. The van der Waals surface area contributed by atoms with E-state index in [9.17, 15) is 4.79 Å². The van der Waals surface area contributed by atoms with Crippen molar-refractivity contribution >= 4 is 23.3 Å². The number of allylic oxidation sites excluding steroid dienone is 1. The van der Waals surface area contributed by atoms with E-state index in [-0.39, 0.29) is 18.0 Å². The predicted molar refractivity (Wildman–Crippen MR) is 115 cm³/mol. The molecule has 3 aromatic rings. The molecule has 7 heteroatoms. The Kier molecular flexibility index (Phi) is 5.36. The highest BCUT2D eigenvalue weighted by Gasteiger charge is 2.27. The third kappa shape index (κ3) is 4.17. The lowest BCUT2D eigenvalue weighted by Crippen LogP contribution is -2.36. The summed E-state index contributed by atoms with van der Waals surface area (Å²) in [5.41, 5.74) is 3.94. The van der Waals surface area contributed by atoms with Gasteiger partial charge in [0.25, 0.3) is 0 Å². The summed E-state index contributed by atoms with van der Waals surface area (Å²) in [6, 6.07) is 12.5. The summed E-state index contributed by atoms with van der Waals surface area (Å²) in [6.45, 7) is 4.08. The smallest absolute Gasteiger partial charge is 0.319 e. The number of aryl methyl sites for hydroxylation is 1. The van der Waals surface area contributed by atoms with Gasteiger partial charge in [-0.25, -0.2) is 14.5 Å². The normalized spacial score (nSPS) is 18.0. The number of amides is 2. The van der Waals surface area contributed by atoms with Crippen LogP contribution < -0.4 is 10.6 Å². The highest BCUT2D eigenvalue weighted by molar-refractivity contribution is 6.30. The Morgan fingerprint density at radius 3 is 2.66 bits per heavy atom. The number of anilines is 1. The highest BCUT2D eigenvalue weighted by Crippen LogP contribution is 2.33. The van der Waals surface area contributed by atoms with Crippen molar-refractivity contribution in [2.24, 2.45) is 0 Å². The van der Waals surface area contributed by atoms with Crippen LogP contribution in [0.2, 0.25) is 5.02 Å². The molecule has 6 nitrogen and oxygen atoms in total. The molecule has 2 N–H and O–H groups in total. The SMILES string of the molecule is Cc1nn(-c2ccccn2)c(C)c1[C@H]1C=C[C@@H](NC(=O)Nc2ccc(Cl)cc2)C1. The van der Waals surface area contributed by atoms with Crippen molar-refractivity contribution in [3.05, 3.63) is 82.8 Å². The summed E-state index contributed by atoms with van der Waals surface area (Å²) in [7, 11) is 0. The highest BCUT2D eigenvalue weighted by atomic mass is 35.5. The quantitative estimate of drug-likeness (QED) is 0.612. The zero-order chi connectivity index (χ0) is 20.4. The second-order valence-corrected chi connectivity index (χ2v) is 7.56. The molecule has 0 aliphatic heterocycles. The van der Waals surface area contributed by atoms with E-state index in [1.165, 1.54) is 5.56 Å². The molecule has 2 aromatic heterocycles. The summed E-state index contributed by atoms with van der Waals surface area (Å²) in [6.07, 6.45) is 6.75. The van der Waals surface area contributed by atoms with E-state index in [4.69, 9.17) is 11.6 Å². The van der Waals surface area contributed by atoms with Gasteiger partial charge in [0.05, 0.1) is 5.69 Å². The fraction of sp³-hybridized carbons (Fsp3) is 0.227. The Labute approximate surface area is 174 Å². The Bertz CT molecular complexity index is 1040. The van der Waals surface area contributed by atoms with Crippen LogP contribution in [0.1, 0.15) is 29.3 Å². The number of halogens is 1. The summed E-state index contributed by atoms with van der Waals surface area (Å²) in [5.74, 6) is 1.01. The van der Waals surface area contributed by atoms with Gasteiger partial charge < -0.3 is 10.6 Å². The number of nitrogens with one attached hydrogen (secondary N) is 2. The zero-order valence-electron chi connectivity index (χ0n) is 16.3. The molecular formula is C22H22ClN5O. The molecule has 1 aliphatic carbocycles. The molecular weight excluding hydrogens is 386 g/mol. The van der Waals surface area contributed by atoms with Crippen LogP contribution in [-0.4, -0.2) is 26.8 Å². The van der Waals surface area contributed by atoms with Gasteiger partial charge in [-0.1, -0.05) is 29.8 Å². The van der Waals surface area contributed by atoms with Gasteiger partial charge in [0, 0.05) is 40.1 Å². The van der Waals surface area contributed by atoms with Crippen molar-refractivity contribution in [3.8, 4) is 5.82 Å². The molecule has 0 saturated carbocycles. The first-order valence-corrected chi connectivity index (χ1v) is 9.88. The number of nitrogens with zero attached hydrogens (tertiary/aromatic N) is 3. The van der Waals surface area contributed by atoms with Crippen molar-refractivity contribution in [2.75, 3.05) is 5.32 Å². The molecule has 1 aromatic carbocycles. The predicted octanol–water partition coefficient (Wildman–Crippen LogP) is 4.77. The molecule has 0 saturated heterocycles. The first-order valence-electron chi connectivity index (χ1n) is 9.50. The number of carbonyl (C=O) groups excluding carboxylic acids is 1. The Hall–Kier alpha value is -3.12. The van der Waals surface area contributed by atoms with Crippen LogP contribution in [0, 0.1) is 13.8 Å². The number of aromatic nitrogens is 3. The second-order valence-electron chi connectivity index (χ2n) is 7.12. The van der Waals surface area contributed by atoms with Crippen LogP contribution in [0.4, 0.5) is 10.5 Å². The average Bonchev–Trinajstić information content (AvgIpc) is 3.27. The van der Waals surface area contributed by atoms with Gasteiger partial charge in [-0.2, -0.15) is 5.10 Å². The summed E-state index contributed by atoms with van der Waals surface area (Å²) in [4.78, 5) is 16.7. The van der Waals surface area contributed by atoms with Crippen molar-refractivity contribution in [1.29, 1.82) is 0 Å². The van der Waals surface area contributed by atoms with E-state index in [0.29, 0.717) is 10.7 Å². The maximum Gasteiger partial charge on any atom is 0.319 e.